The summed E-state index contributed by atoms with van der Waals surface area (Å²) in [6.45, 7) is 0.551. The summed E-state index contributed by atoms with van der Waals surface area (Å²) in [6, 6.07) is 4.42. The maximum Gasteiger partial charge on any atom is 0.208 e. The first kappa shape index (κ1) is 11.1. The van der Waals surface area contributed by atoms with E-state index in [1.54, 1.807) is 19.3 Å². The molecule has 5 heteroatoms. The normalized spacial score (nSPS) is 10.7. The average Bonchev–Trinajstić information content (AvgIpc) is 2.71. The number of nitrogens with one attached hydrogen (secondary N) is 1. The minimum atomic E-state index is -0.444. The van der Waals surface area contributed by atoms with Gasteiger partial charge in [-0.3, -0.25) is 0 Å². The number of nitrogens with zero attached hydrogens (tertiary/aromatic N) is 1. The van der Waals surface area contributed by atoms with E-state index in [2.05, 4.69) is 10.3 Å². The molecule has 0 atom stereocenters. The first-order valence-electron chi connectivity index (χ1n) is 4.75. The zero-order chi connectivity index (χ0) is 11.5. The fourth-order valence-corrected chi connectivity index (χ4v) is 1.51. The van der Waals surface area contributed by atoms with Gasteiger partial charge in [-0.2, -0.15) is 0 Å². The lowest BCUT2D eigenvalue weighted by atomic mass is 10.2. The van der Waals surface area contributed by atoms with Crippen molar-refractivity contribution in [2.75, 3.05) is 7.05 Å². The first-order valence-corrected chi connectivity index (χ1v) is 5.13. The zero-order valence-corrected chi connectivity index (χ0v) is 9.38. The highest BCUT2D eigenvalue weighted by atomic mass is 35.5. The van der Waals surface area contributed by atoms with Gasteiger partial charge < -0.3 is 9.73 Å². The molecule has 0 amide bonds. The molecular weight excluding hydrogens is 231 g/mol. The predicted molar refractivity (Wildman–Crippen MR) is 59.7 cm³/mol. The summed E-state index contributed by atoms with van der Waals surface area (Å²) >= 11 is 5.68. The van der Waals surface area contributed by atoms with Gasteiger partial charge in [0.1, 0.15) is 5.82 Å². The molecule has 1 N–H and O–H groups in total. The predicted octanol–water partition coefficient (Wildman–Crippen LogP) is 2.85. The molecule has 0 aliphatic rings. The van der Waals surface area contributed by atoms with E-state index in [9.17, 15) is 4.39 Å². The van der Waals surface area contributed by atoms with Crippen LogP contribution in [0, 0.1) is 5.82 Å². The number of hydrogen-bond donors (Lipinski definition) is 1. The molecular formula is C11H10ClFN2O. The van der Waals surface area contributed by atoms with E-state index < -0.39 is 5.82 Å². The Morgan fingerprint density at radius 2 is 2.31 bits per heavy atom. The van der Waals surface area contributed by atoms with Crippen molar-refractivity contribution in [3.05, 3.63) is 41.1 Å². The van der Waals surface area contributed by atoms with Crippen molar-refractivity contribution in [3.63, 3.8) is 0 Å². The van der Waals surface area contributed by atoms with Crippen molar-refractivity contribution in [3.8, 4) is 11.3 Å². The Balaban J connectivity index is 2.31. The van der Waals surface area contributed by atoms with Crippen LogP contribution in [0.15, 0.2) is 28.8 Å². The summed E-state index contributed by atoms with van der Waals surface area (Å²) in [5.74, 6) is 0.713. The highest BCUT2D eigenvalue weighted by molar-refractivity contribution is 6.31. The Labute approximate surface area is 97.3 Å². The van der Waals surface area contributed by atoms with Gasteiger partial charge in [-0.05, 0) is 25.2 Å². The van der Waals surface area contributed by atoms with Crippen LogP contribution in [0.1, 0.15) is 5.89 Å². The van der Waals surface area contributed by atoms with Crippen LogP contribution in [-0.2, 0) is 6.54 Å². The van der Waals surface area contributed by atoms with Crippen molar-refractivity contribution in [1.29, 1.82) is 0 Å². The lowest BCUT2D eigenvalue weighted by Crippen LogP contribution is -2.04. The van der Waals surface area contributed by atoms with Gasteiger partial charge in [0.25, 0.3) is 0 Å². The summed E-state index contributed by atoms with van der Waals surface area (Å²) in [5.41, 5.74) is 0.709. The highest BCUT2D eigenvalue weighted by Crippen LogP contribution is 2.25. The summed E-state index contributed by atoms with van der Waals surface area (Å²) in [7, 11) is 1.80. The number of aromatic nitrogens is 1. The molecule has 0 aliphatic heterocycles. The van der Waals surface area contributed by atoms with Gasteiger partial charge >= 0.3 is 0 Å². The molecule has 0 radical (unpaired) electrons. The van der Waals surface area contributed by atoms with Crippen LogP contribution in [0.25, 0.3) is 11.3 Å². The number of halogens is 2. The quantitative estimate of drug-likeness (QED) is 0.897. The van der Waals surface area contributed by atoms with E-state index in [4.69, 9.17) is 16.0 Å². The smallest absolute Gasteiger partial charge is 0.208 e. The number of benzene rings is 1. The van der Waals surface area contributed by atoms with Gasteiger partial charge in [-0.1, -0.05) is 11.6 Å². The maximum absolute atomic E-state index is 13.0. The third-order valence-corrected chi connectivity index (χ3v) is 2.38. The molecule has 1 aromatic heterocycles. The zero-order valence-electron chi connectivity index (χ0n) is 8.63. The second kappa shape index (κ2) is 4.63. The van der Waals surface area contributed by atoms with Crippen LogP contribution in [0.3, 0.4) is 0 Å². The molecule has 3 nitrogen and oxygen atoms in total. The third kappa shape index (κ3) is 2.23. The monoisotopic (exact) mass is 240 g/mol. The van der Waals surface area contributed by atoms with Crippen molar-refractivity contribution in [2.45, 2.75) is 6.54 Å². The second-order valence-corrected chi connectivity index (χ2v) is 3.68. The van der Waals surface area contributed by atoms with Crippen molar-refractivity contribution in [1.82, 2.24) is 10.3 Å². The van der Waals surface area contributed by atoms with Gasteiger partial charge in [0.05, 0.1) is 17.8 Å². The van der Waals surface area contributed by atoms with Gasteiger partial charge in [0.15, 0.2) is 5.76 Å². The lowest BCUT2D eigenvalue weighted by Gasteiger charge is -1.98. The third-order valence-electron chi connectivity index (χ3n) is 2.09. The van der Waals surface area contributed by atoms with Gasteiger partial charge in [-0.25, -0.2) is 9.37 Å². The molecule has 0 saturated carbocycles. The fraction of sp³-hybridized carbons (Fsp3) is 0.182. The Kier molecular flexibility index (Phi) is 3.22. The van der Waals surface area contributed by atoms with Crippen molar-refractivity contribution >= 4 is 11.6 Å². The second-order valence-electron chi connectivity index (χ2n) is 3.28. The molecule has 84 valence electrons. The molecule has 2 aromatic rings. The Morgan fingerprint density at radius 3 is 3.00 bits per heavy atom. The van der Waals surface area contributed by atoms with Crippen LogP contribution in [0.5, 0.6) is 0 Å². The van der Waals surface area contributed by atoms with Crippen LogP contribution in [0.4, 0.5) is 4.39 Å². The molecule has 0 fully saturated rings. The standard InChI is InChI=1S/C11H10ClFN2O/c1-14-6-11-15-5-10(16-11)7-2-3-9(13)8(12)4-7/h2-5,14H,6H2,1H3. The number of rotatable bonds is 3. The lowest BCUT2D eigenvalue weighted by molar-refractivity contribution is 0.491. The summed E-state index contributed by atoms with van der Waals surface area (Å²) < 4.78 is 18.4. The molecule has 1 aromatic carbocycles. The Bertz CT molecular complexity index is 498. The van der Waals surface area contributed by atoms with Crippen LogP contribution >= 0.6 is 11.6 Å². The van der Waals surface area contributed by atoms with Crippen LogP contribution in [0.2, 0.25) is 5.02 Å². The van der Waals surface area contributed by atoms with Crippen LogP contribution in [-0.4, -0.2) is 12.0 Å². The molecule has 0 bridgehead atoms. The molecule has 16 heavy (non-hydrogen) atoms. The Hall–Kier alpha value is -1.39. The van der Waals surface area contributed by atoms with Gasteiger partial charge in [0.2, 0.25) is 5.89 Å². The van der Waals surface area contributed by atoms with E-state index in [-0.39, 0.29) is 5.02 Å². The van der Waals surface area contributed by atoms with Gasteiger partial charge in [-0.15, -0.1) is 0 Å². The van der Waals surface area contributed by atoms with E-state index in [0.717, 1.165) is 0 Å². The van der Waals surface area contributed by atoms with E-state index in [0.29, 0.717) is 23.8 Å². The average molecular weight is 241 g/mol. The molecule has 0 unspecified atom stereocenters. The minimum absolute atomic E-state index is 0.0732. The summed E-state index contributed by atoms with van der Waals surface area (Å²) in [5, 5.41) is 3.00. The number of hydrogen-bond acceptors (Lipinski definition) is 3. The fourth-order valence-electron chi connectivity index (χ4n) is 1.33. The van der Waals surface area contributed by atoms with Gasteiger partial charge in [0, 0.05) is 5.56 Å². The Morgan fingerprint density at radius 1 is 1.50 bits per heavy atom. The summed E-state index contributed by atoms with van der Waals surface area (Å²) in [4.78, 5) is 4.07. The first-order chi connectivity index (χ1) is 7.70. The highest BCUT2D eigenvalue weighted by Gasteiger charge is 2.08. The van der Waals surface area contributed by atoms with E-state index >= 15 is 0 Å². The topological polar surface area (TPSA) is 38.1 Å². The van der Waals surface area contributed by atoms with Crippen LogP contribution < -0.4 is 5.32 Å². The molecule has 0 aliphatic carbocycles. The molecule has 1 heterocycles. The molecule has 0 spiro atoms. The van der Waals surface area contributed by atoms with Crippen molar-refractivity contribution in [2.24, 2.45) is 0 Å². The number of oxazole rings is 1. The van der Waals surface area contributed by atoms with E-state index in [1.165, 1.54) is 12.1 Å². The van der Waals surface area contributed by atoms with Crippen molar-refractivity contribution < 1.29 is 8.81 Å². The molecule has 2 rings (SSSR count). The minimum Gasteiger partial charge on any atom is -0.439 e. The summed E-state index contributed by atoms with van der Waals surface area (Å²) in [6.07, 6.45) is 1.59. The SMILES string of the molecule is CNCc1ncc(-c2ccc(F)c(Cl)c2)o1. The largest absolute Gasteiger partial charge is 0.439 e. The van der Waals surface area contributed by atoms with E-state index in [1.807, 2.05) is 0 Å². The molecule has 0 saturated heterocycles. The maximum atomic E-state index is 13.0.